The zero-order chi connectivity index (χ0) is 17.5. The van der Waals surface area contributed by atoms with E-state index in [1.54, 1.807) is 6.92 Å². The van der Waals surface area contributed by atoms with E-state index in [1.165, 1.54) is 0 Å². The van der Waals surface area contributed by atoms with E-state index in [2.05, 4.69) is 33.6 Å². The van der Waals surface area contributed by atoms with Crippen molar-refractivity contribution in [3.8, 4) is 0 Å². The van der Waals surface area contributed by atoms with E-state index < -0.39 is 0 Å². The number of hydrogen-bond acceptors (Lipinski definition) is 5. The quantitative estimate of drug-likeness (QED) is 0.656. The highest BCUT2D eigenvalue weighted by atomic mass is 16.3. The van der Waals surface area contributed by atoms with Crippen molar-refractivity contribution < 1.29 is 4.79 Å². The van der Waals surface area contributed by atoms with Crippen LogP contribution in [0.15, 0.2) is 29.4 Å². The molecule has 3 aromatic rings. The van der Waals surface area contributed by atoms with Crippen molar-refractivity contribution in [2.24, 2.45) is 10.6 Å². The number of carbonyl (C=O) groups excluding carboxylic acids is 1. The highest BCUT2D eigenvalue weighted by Gasteiger charge is 2.25. The largest absolute Gasteiger partial charge is 0.327 e. The molecular formula is C18H20N4O2. The molecule has 6 heteroatoms. The number of carbonyl (C=O) groups is 1. The van der Waals surface area contributed by atoms with Gasteiger partial charge in [0.15, 0.2) is 0 Å². The Morgan fingerprint density at radius 1 is 1.25 bits per heavy atom. The summed E-state index contributed by atoms with van der Waals surface area (Å²) in [5.41, 5.74) is 1.86. The van der Waals surface area contributed by atoms with Crippen LogP contribution in [0.25, 0.3) is 21.9 Å². The Balaban J connectivity index is 2.28. The number of para-hydroxylation sites is 1. The van der Waals surface area contributed by atoms with Crippen molar-refractivity contribution in [3.05, 3.63) is 35.0 Å². The highest BCUT2D eigenvalue weighted by Crippen LogP contribution is 2.34. The molecule has 24 heavy (non-hydrogen) atoms. The maximum absolute atomic E-state index is 11.6. The third kappa shape index (κ3) is 2.79. The minimum atomic E-state index is -0.219. The van der Waals surface area contributed by atoms with Crippen molar-refractivity contribution in [1.82, 2.24) is 14.5 Å². The summed E-state index contributed by atoms with van der Waals surface area (Å²) in [6.45, 7) is 8.24. The maximum Gasteiger partial charge on any atom is 0.225 e. The van der Waals surface area contributed by atoms with Crippen LogP contribution in [0.1, 0.15) is 33.0 Å². The lowest BCUT2D eigenvalue weighted by molar-refractivity contribution is -0.119. The number of Topliss-reactive ketones (excluding diaryl/α,β-unsaturated/α-hetero) is 1. The van der Waals surface area contributed by atoms with Crippen LogP contribution < -0.4 is 0 Å². The van der Waals surface area contributed by atoms with Gasteiger partial charge in [0.1, 0.15) is 17.1 Å². The SMILES string of the molecule is CC(=O)CC(C)(C)Cn1c(C)nc2c(N=O)nc3ccccc3c21. The molecule has 0 aliphatic heterocycles. The summed E-state index contributed by atoms with van der Waals surface area (Å²) in [7, 11) is 0. The molecule has 0 saturated carbocycles. The topological polar surface area (TPSA) is 77.2 Å². The average Bonchev–Trinajstić information content (AvgIpc) is 2.81. The van der Waals surface area contributed by atoms with Gasteiger partial charge in [-0.3, -0.25) is 0 Å². The Bertz CT molecular complexity index is 956. The summed E-state index contributed by atoms with van der Waals surface area (Å²) in [5, 5.41) is 3.99. The van der Waals surface area contributed by atoms with Crippen LogP contribution in [0.3, 0.4) is 0 Å². The van der Waals surface area contributed by atoms with Crippen LogP contribution >= 0.6 is 0 Å². The molecule has 3 rings (SSSR count). The van der Waals surface area contributed by atoms with Crippen LogP contribution in [0, 0.1) is 17.2 Å². The molecule has 2 heterocycles. The molecule has 0 saturated heterocycles. The monoisotopic (exact) mass is 324 g/mol. The van der Waals surface area contributed by atoms with E-state index in [0.29, 0.717) is 24.0 Å². The summed E-state index contributed by atoms with van der Waals surface area (Å²) in [4.78, 5) is 31.6. The van der Waals surface area contributed by atoms with Gasteiger partial charge >= 0.3 is 0 Å². The predicted molar refractivity (Wildman–Crippen MR) is 94.3 cm³/mol. The van der Waals surface area contributed by atoms with Crippen molar-refractivity contribution >= 4 is 33.5 Å². The number of fused-ring (bicyclic) bond motifs is 3. The Morgan fingerprint density at radius 3 is 2.62 bits per heavy atom. The van der Waals surface area contributed by atoms with E-state index in [1.807, 2.05) is 31.2 Å². The van der Waals surface area contributed by atoms with E-state index in [-0.39, 0.29) is 17.0 Å². The standard InChI is InChI=1S/C18H20N4O2/c1-11(23)9-18(3,4)10-22-12(2)19-15-16(22)13-7-5-6-8-14(13)20-17(15)21-24/h5-8H,9-10H2,1-4H3. The summed E-state index contributed by atoms with van der Waals surface area (Å²) >= 11 is 0. The smallest absolute Gasteiger partial charge is 0.225 e. The lowest BCUT2D eigenvalue weighted by atomic mass is 9.87. The van der Waals surface area contributed by atoms with Gasteiger partial charge in [0, 0.05) is 18.4 Å². The van der Waals surface area contributed by atoms with Gasteiger partial charge in [-0.25, -0.2) is 9.97 Å². The van der Waals surface area contributed by atoms with Crippen LogP contribution in [0.5, 0.6) is 0 Å². The molecular weight excluding hydrogens is 304 g/mol. The second kappa shape index (κ2) is 5.78. The van der Waals surface area contributed by atoms with Gasteiger partial charge in [0.2, 0.25) is 5.82 Å². The van der Waals surface area contributed by atoms with Gasteiger partial charge in [0.05, 0.1) is 11.0 Å². The van der Waals surface area contributed by atoms with Crippen molar-refractivity contribution in [1.29, 1.82) is 0 Å². The first-order valence-corrected chi connectivity index (χ1v) is 7.91. The molecule has 124 valence electrons. The maximum atomic E-state index is 11.6. The molecule has 0 aliphatic carbocycles. The van der Waals surface area contributed by atoms with Gasteiger partial charge in [-0.1, -0.05) is 32.0 Å². The fraction of sp³-hybridized carbons (Fsp3) is 0.389. The first kappa shape index (κ1) is 16.2. The number of imidazole rings is 1. The van der Waals surface area contributed by atoms with E-state index in [9.17, 15) is 9.70 Å². The molecule has 6 nitrogen and oxygen atoms in total. The normalized spacial score (nSPS) is 12.0. The molecule has 0 amide bonds. The average molecular weight is 324 g/mol. The number of nitroso groups, excluding NO2 is 1. The third-order valence-electron chi connectivity index (χ3n) is 4.16. The minimum absolute atomic E-state index is 0.106. The summed E-state index contributed by atoms with van der Waals surface area (Å²) < 4.78 is 2.07. The number of ketones is 1. The highest BCUT2D eigenvalue weighted by molar-refractivity contribution is 6.06. The molecule has 0 atom stereocenters. The van der Waals surface area contributed by atoms with E-state index in [0.717, 1.165) is 16.7 Å². The Morgan fingerprint density at radius 2 is 1.96 bits per heavy atom. The molecule has 0 unspecified atom stereocenters. The Hall–Kier alpha value is -2.63. The van der Waals surface area contributed by atoms with Crippen molar-refractivity contribution in [2.75, 3.05) is 0 Å². The zero-order valence-corrected chi connectivity index (χ0v) is 14.3. The van der Waals surface area contributed by atoms with Gasteiger partial charge in [0.25, 0.3) is 0 Å². The van der Waals surface area contributed by atoms with Crippen molar-refractivity contribution in [3.63, 3.8) is 0 Å². The number of aromatic nitrogens is 3. The van der Waals surface area contributed by atoms with E-state index >= 15 is 0 Å². The zero-order valence-electron chi connectivity index (χ0n) is 14.3. The number of aryl methyl sites for hydroxylation is 1. The molecule has 0 spiro atoms. The van der Waals surface area contributed by atoms with Gasteiger partial charge in [-0.2, -0.15) is 0 Å². The minimum Gasteiger partial charge on any atom is -0.327 e. The van der Waals surface area contributed by atoms with Crippen LogP contribution in [0.4, 0.5) is 5.82 Å². The second-order valence-corrected chi connectivity index (χ2v) is 7.03. The molecule has 2 aromatic heterocycles. The number of nitrogens with zero attached hydrogens (tertiary/aromatic N) is 4. The molecule has 0 fully saturated rings. The Labute approximate surface area is 139 Å². The number of hydrogen-bond donors (Lipinski definition) is 0. The first-order chi connectivity index (χ1) is 11.3. The molecule has 0 N–H and O–H groups in total. The summed E-state index contributed by atoms with van der Waals surface area (Å²) in [6, 6.07) is 7.64. The molecule has 0 radical (unpaired) electrons. The summed E-state index contributed by atoms with van der Waals surface area (Å²) in [6.07, 6.45) is 0.480. The van der Waals surface area contributed by atoms with Crippen LogP contribution in [-0.2, 0) is 11.3 Å². The predicted octanol–water partition coefficient (Wildman–Crippen LogP) is 4.30. The molecule has 0 aliphatic rings. The Kier molecular flexibility index (Phi) is 3.91. The second-order valence-electron chi connectivity index (χ2n) is 7.03. The van der Waals surface area contributed by atoms with Crippen LogP contribution in [-0.4, -0.2) is 20.3 Å². The lowest BCUT2D eigenvalue weighted by Crippen LogP contribution is -2.23. The van der Waals surface area contributed by atoms with Crippen molar-refractivity contribution in [2.45, 2.75) is 40.7 Å². The number of benzene rings is 1. The molecule has 1 aromatic carbocycles. The van der Waals surface area contributed by atoms with Gasteiger partial charge < -0.3 is 9.36 Å². The van der Waals surface area contributed by atoms with Gasteiger partial charge in [-0.05, 0) is 30.5 Å². The molecule has 0 bridgehead atoms. The number of rotatable bonds is 5. The summed E-state index contributed by atoms with van der Waals surface area (Å²) in [5.74, 6) is 1.04. The first-order valence-electron chi connectivity index (χ1n) is 7.91. The number of pyridine rings is 1. The lowest BCUT2D eigenvalue weighted by Gasteiger charge is -2.25. The fourth-order valence-electron chi connectivity index (χ4n) is 3.35. The van der Waals surface area contributed by atoms with Gasteiger partial charge in [-0.15, -0.1) is 4.91 Å². The van der Waals surface area contributed by atoms with Crippen LogP contribution in [0.2, 0.25) is 0 Å². The fourth-order valence-corrected chi connectivity index (χ4v) is 3.35. The van der Waals surface area contributed by atoms with E-state index in [4.69, 9.17) is 0 Å². The third-order valence-corrected chi connectivity index (χ3v) is 4.16.